The normalized spacial score (nSPS) is 10.1. The van der Waals surface area contributed by atoms with Gasteiger partial charge in [0.1, 0.15) is 5.82 Å². The molecule has 0 unspecified atom stereocenters. The molecule has 0 N–H and O–H groups in total. The molecular formula is C12H20N4. The van der Waals surface area contributed by atoms with Gasteiger partial charge in [0, 0.05) is 13.0 Å². The molecule has 0 aliphatic heterocycles. The van der Waals surface area contributed by atoms with Crippen LogP contribution in [0, 0.1) is 6.92 Å². The third-order valence-corrected chi connectivity index (χ3v) is 2.35. The summed E-state index contributed by atoms with van der Waals surface area (Å²) in [4.78, 5) is 8.88. The van der Waals surface area contributed by atoms with Gasteiger partial charge in [-0.3, -0.25) is 0 Å². The summed E-state index contributed by atoms with van der Waals surface area (Å²) < 4.78 is 1.91. The highest BCUT2D eigenvalue weighted by atomic mass is 15.3. The third kappa shape index (κ3) is 2.21. The molecule has 4 heteroatoms. The predicted octanol–water partition coefficient (Wildman–Crippen LogP) is 2.74. The molecule has 0 bridgehead atoms. The van der Waals surface area contributed by atoms with Crippen molar-refractivity contribution in [3.05, 3.63) is 17.7 Å². The fraction of sp³-hybridized carbons (Fsp3) is 0.583. The van der Waals surface area contributed by atoms with Crippen LogP contribution in [0.15, 0.2) is 6.20 Å². The molecule has 0 aliphatic carbocycles. The van der Waals surface area contributed by atoms with E-state index in [1.807, 2.05) is 31.6 Å². The van der Waals surface area contributed by atoms with E-state index >= 15 is 0 Å². The lowest BCUT2D eigenvalue weighted by atomic mass is 10.3. The van der Waals surface area contributed by atoms with Crippen molar-refractivity contribution in [2.45, 2.75) is 47.6 Å². The molecule has 0 saturated heterocycles. The zero-order chi connectivity index (χ0) is 12.1. The van der Waals surface area contributed by atoms with E-state index < -0.39 is 0 Å². The summed E-state index contributed by atoms with van der Waals surface area (Å²) in [5.74, 6) is 0.894. The smallest absolute Gasteiger partial charge is 0.161 e. The Kier molecular flexibility index (Phi) is 4.40. The summed E-state index contributed by atoms with van der Waals surface area (Å²) in [6, 6.07) is 0. The molecule has 0 fully saturated rings. The summed E-state index contributed by atoms with van der Waals surface area (Å²) >= 11 is 0. The van der Waals surface area contributed by atoms with E-state index in [2.05, 4.69) is 28.9 Å². The SMILES string of the molecule is CC.CCc1nc(C)c2cnn(CC)c2n1. The number of hydrogen-bond donors (Lipinski definition) is 0. The number of rotatable bonds is 2. The van der Waals surface area contributed by atoms with E-state index in [0.717, 1.165) is 35.5 Å². The van der Waals surface area contributed by atoms with Crippen LogP contribution in [0.25, 0.3) is 11.0 Å². The molecule has 2 aromatic heterocycles. The monoisotopic (exact) mass is 220 g/mol. The van der Waals surface area contributed by atoms with Crippen LogP contribution in [-0.2, 0) is 13.0 Å². The third-order valence-electron chi connectivity index (χ3n) is 2.35. The van der Waals surface area contributed by atoms with Gasteiger partial charge >= 0.3 is 0 Å². The summed E-state index contributed by atoms with van der Waals surface area (Å²) in [6.07, 6.45) is 2.71. The molecule has 16 heavy (non-hydrogen) atoms. The highest BCUT2D eigenvalue weighted by Gasteiger charge is 2.07. The van der Waals surface area contributed by atoms with Gasteiger partial charge in [-0.25, -0.2) is 14.6 Å². The van der Waals surface area contributed by atoms with E-state index in [4.69, 9.17) is 0 Å². The maximum Gasteiger partial charge on any atom is 0.161 e. The zero-order valence-corrected chi connectivity index (χ0v) is 10.8. The molecule has 0 radical (unpaired) electrons. The van der Waals surface area contributed by atoms with Crippen LogP contribution in [0.3, 0.4) is 0 Å². The van der Waals surface area contributed by atoms with Gasteiger partial charge in [-0.15, -0.1) is 0 Å². The van der Waals surface area contributed by atoms with Crippen LogP contribution < -0.4 is 0 Å². The van der Waals surface area contributed by atoms with E-state index in [-0.39, 0.29) is 0 Å². The minimum Gasteiger partial charge on any atom is -0.247 e. The van der Waals surface area contributed by atoms with E-state index in [1.54, 1.807) is 0 Å². The fourth-order valence-electron chi connectivity index (χ4n) is 1.54. The molecule has 2 aromatic rings. The molecule has 88 valence electrons. The largest absolute Gasteiger partial charge is 0.247 e. The Balaban J connectivity index is 0.000000606. The first-order valence-corrected chi connectivity index (χ1v) is 5.95. The van der Waals surface area contributed by atoms with Crippen molar-refractivity contribution < 1.29 is 0 Å². The van der Waals surface area contributed by atoms with Crippen molar-refractivity contribution in [2.24, 2.45) is 0 Å². The molecule has 0 saturated carbocycles. The van der Waals surface area contributed by atoms with Gasteiger partial charge in [-0.05, 0) is 13.8 Å². The quantitative estimate of drug-likeness (QED) is 0.781. The van der Waals surface area contributed by atoms with E-state index in [9.17, 15) is 0 Å². The average Bonchev–Trinajstić information content (AvgIpc) is 2.75. The Morgan fingerprint density at radius 1 is 1.19 bits per heavy atom. The molecule has 0 aliphatic rings. The minimum atomic E-state index is 0.850. The van der Waals surface area contributed by atoms with Crippen molar-refractivity contribution in [1.29, 1.82) is 0 Å². The number of aromatic nitrogens is 4. The molecule has 0 spiro atoms. The lowest BCUT2D eigenvalue weighted by Crippen LogP contribution is -2.01. The summed E-state index contributed by atoms with van der Waals surface area (Å²) in [7, 11) is 0. The minimum absolute atomic E-state index is 0.850. The first-order chi connectivity index (χ1) is 7.76. The highest BCUT2D eigenvalue weighted by Crippen LogP contribution is 2.14. The standard InChI is InChI=1S/C10H14N4.C2H6/c1-4-9-12-7(3)8-6-11-14(5-2)10(8)13-9;1-2/h6H,4-5H2,1-3H3;1-2H3. The van der Waals surface area contributed by atoms with Gasteiger partial charge in [0.05, 0.1) is 17.3 Å². The predicted molar refractivity (Wildman–Crippen MR) is 66.5 cm³/mol. The number of aryl methyl sites for hydroxylation is 3. The van der Waals surface area contributed by atoms with Crippen molar-refractivity contribution >= 4 is 11.0 Å². The molecular weight excluding hydrogens is 200 g/mol. The number of fused-ring (bicyclic) bond motifs is 1. The summed E-state index contributed by atoms with van der Waals surface area (Å²) in [5.41, 5.74) is 1.98. The molecule has 0 amide bonds. The molecule has 0 aromatic carbocycles. The lowest BCUT2D eigenvalue weighted by molar-refractivity contribution is 0.674. The van der Waals surface area contributed by atoms with Gasteiger partial charge in [-0.1, -0.05) is 20.8 Å². The Morgan fingerprint density at radius 2 is 1.88 bits per heavy atom. The lowest BCUT2D eigenvalue weighted by Gasteiger charge is -2.01. The van der Waals surface area contributed by atoms with E-state index in [0.29, 0.717) is 0 Å². The molecule has 4 nitrogen and oxygen atoms in total. The van der Waals surface area contributed by atoms with Crippen LogP contribution in [0.2, 0.25) is 0 Å². The second-order valence-corrected chi connectivity index (χ2v) is 3.28. The summed E-state index contributed by atoms with van der Waals surface area (Å²) in [5, 5.41) is 5.32. The van der Waals surface area contributed by atoms with Gasteiger partial charge in [0.2, 0.25) is 0 Å². The van der Waals surface area contributed by atoms with Crippen molar-refractivity contribution in [3.8, 4) is 0 Å². The van der Waals surface area contributed by atoms with Crippen molar-refractivity contribution in [3.63, 3.8) is 0 Å². The van der Waals surface area contributed by atoms with Gasteiger partial charge < -0.3 is 0 Å². The van der Waals surface area contributed by atoms with Crippen molar-refractivity contribution in [1.82, 2.24) is 19.7 Å². The van der Waals surface area contributed by atoms with Gasteiger partial charge in [-0.2, -0.15) is 5.10 Å². The second kappa shape index (κ2) is 5.58. The topological polar surface area (TPSA) is 43.6 Å². The highest BCUT2D eigenvalue weighted by molar-refractivity contribution is 5.76. The Morgan fingerprint density at radius 3 is 2.44 bits per heavy atom. The average molecular weight is 220 g/mol. The van der Waals surface area contributed by atoms with Crippen LogP contribution in [-0.4, -0.2) is 19.7 Å². The van der Waals surface area contributed by atoms with E-state index in [1.165, 1.54) is 0 Å². The van der Waals surface area contributed by atoms with Crippen molar-refractivity contribution in [2.75, 3.05) is 0 Å². The Bertz CT molecular complexity index is 459. The van der Waals surface area contributed by atoms with Crippen LogP contribution >= 0.6 is 0 Å². The maximum atomic E-state index is 4.47. The summed E-state index contributed by atoms with van der Waals surface area (Å²) in [6.45, 7) is 11.0. The second-order valence-electron chi connectivity index (χ2n) is 3.28. The zero-order valence-electron chi connectivity index (χ0n) is 10.8. The van der Waals surface area contributed by atoms with Crippen LogP contribution in [0.5, 0.6) is 0 Å². The number of hydrogen-bond acceptors (Lipinski definition) is 3. The first-order valence-electron chi connectivity index (χ1n) is 5.95. The Hall–Kier alpha value is -1.45. The van der Waals surface area contributed by atoms with Crippen LogP contribution in [0.1, 0.15) is 39.2 Å². The maximum absolute atomic E-state index is 4.47. The van der Waals surface area contributed by atoms with Crippen LogP contribution in [0.4, 0.5) is 0 Å². The van der Waals surface area contributed by atoms with Gasteiger partial charge in [0.25, 0.3) is 0 Å². The first kappa shape index (κ1) is 12.6. The molecule has 2 heterocycles. The molecule has 2 rings (SSSR count). The Labute approximate surface area is 96.7 Å². The number of nitrogens with zero attached hydrogens (tertiary/aromatic N) is 4. The van der Waals surface area contributed by atoms with Gasteiger partial charge in [0.15, 0.2) is 5.65 Å². The molecule has 0 atom stereocenters. The fourth-order valence-corrected chi connectivity index (χ4v) is 1.54.